The van der Waals surface area contributed by atoms with Gasteiger partial charge in [0.05, 0.1) is 6.54 Å². The molecule has 0 saturated carbocycles. The van der Waals surface area contributed by atoms with Crippen LogP contribution in [0, 0.1) is 5.92 Å². The summed E-state index contributed by atoms with van der Waals surface area (Å²) in [4.78, 5) is 18.9. The summed E-state index contributed by atoms with van der Waals surface area (Å²) in [7, 11) is 0. The van der Waals surface area contributed by atoms with Gasteiger partial charge in [0.25, 0.3) is 5.91 Å². The standard InChI is InChI=1S/C17H24N4OS/c1-13(2)21-7-5-18-16(21)11-20-6-3-14(10-20)9-19-17(22)15-4-8-23-12-15/h4-5,7-8,12-14H,3,6,9-11H2,1-2H3,(H,19,22). The summed E-state index contributed by atoms with van der Waals surface area (Å²) in [6.07, 6.45) is 5.06. The molecule has 6 heteroatoms. The molecule has 2 aromatic heterocycles. The number of hydrogen-bond donors (Lipinski definition) is 1. The lowest BCUT2D eigenvalue weighted by molar-refractivity contribution is 0.0947. The number of carbonyl (C=O) groups is 1. The maximum Gasteiger partial charge on any atom is 0.252 e. The molecule has 1 N–H and O–H groups in total. The first-order chi connectivity index (χ1) is 11.1. The van der Waals surface area contributed by atoms with E-state index >= 15 is 0 Å². The predicted octanol–water partition coefficient (Wildman–Crippen LogP) is 2.78. The molecule has 2 aromatic rings. The summed E-state index contributed by atoms with van der Waals surface area (Å²) in [6.45, 7) is 8.10. The Balaban J connectivity index is 1.47. The fraction of sp³-hybridized carbons (Fsp3) is 0.529. The van der Waals surface area contributed by atoms with Crippen LogP contribution in [-0.4, -0.2) is 40.0 Å². The van der Waals surface area contributed by atoms with E-state index in [0.717, 1.165) is 44.0 Å². The van der Waals surface area contributed by atoms with Crippen LogP contribution in [0.1, 0.15) is 42.5 Å². The molecule has 5 nitrogen and oxygen atoms in total. The predicted molar refractivity (Wildman–Crippen MR) is 92.6 cm³/mol. The molecule has 1 aliphatic heterocycles. The topological polar surface area (TPSA) is 50.2 Å². The summed E-state index contributed by atoms with van der Waals surface area (Å²) in [5.74, 6) is 1.70. The number of amides is 1. The van der Waals surface area contributed by atoms with Crippen molar-refractivity contribution in [3.8, 4) is 0 Å². The fourth-order valence-corrected chi connectivity index (χ4v) is 3.73. The molecule has 3 rings (SSSR count). The van der Waals surface area contributed by atoms with E-state index < -0.39 is 0 Å². The zero-order valence-electron chi connectivity index (χ0n) is 13.7. The lowest BCUT2D eigenvalue weighted by atomic mass is 10.1. The Bertz CT molecular complexity index is 635. The van der Waals surface area contributed by atoms with Crippen LogP contribution < -0.4 is 5.32 Å². The van der Waals surface area contributed by atoms with Crippen molar-refractivity contribution in [2.75, 3.05) is 19.6 Å². The van der Waals surface area contributed by atoms with E-state index in [1.165, 1.54) is 0 Å². The molecule has 23 heavy (non-hydrogen) atoms. The van der Waals surface area contributed by atoms with Crippen molar-refractivity contribution in [2.24, 2.45) is 5.92 Å². The highest BCUT2D eigenvalue weighted by Gasteiger charge is 2.24. The van der Waals surface area contributed by atoms with Crippen LogP contribution in [0.4, 0.5) is 0 Å². The van der Waals surface area contributed by atoms with Gasteiger partial charge < -0.3 is 9.88 Å². The Hall–Kier alpha value is -1.66. The molecule has 1 saturated heterocycles. The minimum Gasteiger partial charge on any atom is -0.352 e. The van der Waals surface area contributed by atoms with Gasteiger partial charge in [0.2, 0.25) is 0 Å². The summed E-state index contributed by atoms with van der Waals surface area (Å²) < 4.78 is 2.23. The van der Waals surface area contributed by atoms with Gasteiger partial charge in [-0.25, -0.2) is 4.98 Å². The molecular formula is C17H24N4OS. The number of nitrogens with one attached hydrogen (secondary N) is 1. The SMILES string of the molecule is CC(C)n1ccnc1CN1CCC(CNC(=O)c2ccsc2)C1. The van der Waals surface area contributed by atoms with Crippen LogP contribution in [0.25, 0.3) is 0 Å². The highest BCUT2D eigenvalue weighted by atomic mass is 32.1. The van der Waals surface area contributed by atoms with E-state index in [4.69, 9.17) is 0 Å². The minimum absolute atomic E-state index is 0.0417. The zero-order chi connectivity index (χ0) is 16.2. The van der Waals surface area contributed by atoms with Gasteiger partial charge in [0, 0.05) is 42.5 Å². The Morgan fingerprint density at radius 1 is 1.52 bits per heavy atom. The largest absolute Gasteiger partial charge is 0.352 e. The van der Waals surface area contributed by atoms with Crippen molar-refractivity contribution in [3.05, 3.63) is 40.6 Å². The molecule has 0 bridgehead atoms. The average Bonchev–Trinajstić information content (AvgIpc) is 3.27. The van der Waals surface area contributed by atoms with Crippen LogP contribution in [0.2, 0.25) is 0 Å². The number of carbonyl (C=O) groups excluding carboxylic acids is 1. The number of rotatable bonds is 6. The van der Waals surface area contributed by atoms with Gasteiger partial charge in [-0.2, -0.15) is 11.3 Å². The summed E-state index contributed by atoms with van der Waals surface area (Å²) in [5, 5.41) is 6.88. The van der Waals surface area contributed by atoms with Crippen molar-refractivity contribution < 1.29 is 4.79 Å². The Morgan fingerprint density at radius 3 is 3.13 bits per heavy atom. The monoisotopic (exact) mass is 332 g/mol. The van der Waals surface area contributed by atoms with E-state index in [0.29, 0.717) is 12.0 Å². The van der Waals surface area contributed by atoms with E-state index in [2.05, 4.69) is 39.8 Å². The van der Waals surface area contributed by atoms with Crippen molar-refractivity contribution in [2.45, 2.75) is 32.9 Å². The van der Waals surface area contributed by atoms with Gasteiger partial charge in [-0.1, -0.05) is 0 Å². The van der Waals surface area contributed by atoms with E-state index in [1.807, 2.05) is 23.0 Å². The maximum atomic E-state index is 12.0. The normalized spacial score (nSPS) is 18.7. The number of hydrogen-bond acceptors (Lipinski definition) is 4. The van der Waals surface area contributed by atoms with Crippen LogP contribution in [0.5, 0.6) is 0 Å². The van der Waals surface area contributed by atoms with Crippen LogP contribution in [0.15, 0.2) is 29.2 Å². The molecule has 1 atom stereocenters. The zero-order valence-corrected chi connectivity index (χ0v) is 14.6. The quantitative estimate of drug-likeness (QED) is 0.885. The van der Waals surface area contributed by atoms with Gasteiger partial charge in [-0.15, -0.1) is 0 Å². The highest BCUT2D eigenvalue weighted by Crippen LogP contribution is 2.19. The summed E-state index contributed by atoms with van der Waals surface area (Å²) >= 11 is 1.55. The van der Waals surface area contributed by atoms with Crippen molar-refractivity contribution in [1.82, 2.24) is 19.8 Å². The fourth-order valence-electron chi connectivity index (χ4n) is 3.09. The molecule has 124 valence electrons. The molecule has 1 unspecified atom stereocenters. The molecule has 0 radical (unpaired) electrons. The molecule has 1 amide bonds. The molecule has 1 fully saturated rings. The average molecular weight is 332 g/mol. The summed E-state index contributed by atoms with van der Waals surface area (Å²) in [5.41, 5.74) is 0.767. The number of likely N-dealkylation sites (tertiary alicyclic amines) is 1. The Morgan fingerprint density at radius 2 is 2.39 bits per heavy atom. The maximum absolute atomic E-state index is 12.0. The molecule has 0 spiro atoms. The van der Waals surface area contributed by atoms with Crippen molar-refractivity contribution in [3.63, 3.8) is 0 Å². The van der Waals surface area contributed by atoms with E-state index in [9.17, 15) is 4.79 Å². The number of thiophene rings is 1. The van der Waals surface area contributed by atoms with Crippen molar-refractivity contribution >= 4 is 17.2 Å². The highest BCUT2D eigenvalue weighted by molar-refractivity contribution is 7.08. The van der Waals surface area contributed by atoms with Gasteiger partial charge in [-0.3, -0.25) is 9.69 Å². The molecule has 1 aliphatic rings. The van der Waals surface area contributed by atoms with Gasteiger partial charge >= 0.3 is 0 Å². The molecule has 3 heterocycles. The number of aromatic nitrogens is 2. The second-order valence-electron chi connectivity index (χ2n) is 6.46. The third-order valence-corrected chi connectivity index (χ3v) is 5.06. The Kier molecular flexibility index (Phi) is 5.13. The van der Waals surface area contributed by atoms with E-state index in [1.54, 1.807) is 11.3 Å². The van der Waals surface area contributed by atoms with Gasteiger partial charge in [-0.05, 0) is 44.2 Å². The Labute approximate surface area is 141 Å². The minimum atomic E-state index is 0.0417. The van der Waals surface area contributed by atoms with E-state index in [-0.39, 0.29) is 5.91 Å². The molecule has 0 aromatic carbocycles. The third kappa shape index (κ3) is 4.00. The molecule has 0 aliphatic carbocycles. The second-order valence-corrected chi connectivity index (χ2v) is 7.24. The molecular weight excluding hydrogens is 308 g/mol. The van der Waals surface area contributed by atoms with Crippen LogP contribution in [0.3, 0.4) is 0 Å². The number of imidazole rings is 1. The van der Waals surface area contributed by atoms with Gasteiger partial charge in [0.15, 0.2) is 0 Å². The third-order valence-electron chi connectivity index (χ3n) is 4.37. The number of nitrogens with zero attached hydrogens (tertiary/aromatic N) is 3. The van der Waals surface area contributed by atoms with Crippen LogP contribution in [-0.2, 0) is 6.54 Å². The first kappa shape index (κ1) is 16.2. The lowest BCUT2D eigenvalue weighted by Gasteiger charge is -2.18. The smallest absolute Gasteiger partial charge is 0.252 e. The first-order valence-electron chi connectivity index (χ1n) is 8.18. The van der Waals surface area contributed by atoms with Crippen LogP contribution >= 0.6 is 11.3 Å². The van der Waals surface area contributed by atoms with Gasteiger partial charge in [0.1, 0.15) is 5.82 Å². The first-order valence-corrected chi connectivity index (χ1v) is 9.12. The summed E-state index contributed by atoms with van der Waals surface area (Å²) in [6, 6.07) is 2.31. The lowest BCUT2D eigenvalue weighted by Crippen LogP contribution is -2.31. The second kappa shape index (κ2) is 7.27. The van der Waals surface area contributed by atoms with Crippen molar-refractivity contribution in [1.29, 1.82) is 0 Å².